The number of hydrogen-bond donors (Lipinski definition) is 2. The number of benzene rings is 1. The second-order valence-electron chi connectivity index (χ2n) is 5.39. The van der Waals surface area contributed by atoms with Crippen molar-refractivity contribution in [3.8, 4) is 0 Å². The summed E-state index contributed by atoms with van der Waals surface area (Å²) < 4.78 is 0. The van der Waals surface area contributed by atoms with Crippen molar-refractivity contribution in [2.24, 2.45) is 11.8 Å². The first-order valence-electron chi connectivity index (χ1n) is 6.74. The highest BCUT2D eigenvalue weighted by Gasteiger charge is 2.21. The summed E-state index contributed by atoms with van der Waals surface area (Å²) in [7, 11) is 0. The van der Waals surface area contributed by atoms with Gasteiger partial charge < -0.3 is 0 Å². The van der Waals surface area contributed by atoms with E-state index in [2.05, 4.69) is 37.5 Å². The van der Waals surface area contributed by atoms with Gasteiger partial charge in [0.05, 0.1) is 0 Å². The predicted octanol–water partition coefficient (Wildman–Crippen LogP) is 3.39. The van der Waals surface area contributed by atoms with E-state index in [1.165, 1.54) is 48.8 Å². The number of nitrogens with one attached hydrogen (secondary N) is 1. The van der Waals surface area contributed by atoms with Crippen LogP contribution in [0.5, 0.6) is 0 Å². The molecule has 0 aliphatic heterocycles. The van der Waals surface area contributed by atoms with Gasteiger partial charge >= 0.3 is 0 Å². The Morgan fingerprint density at radius 3 is 2.65 bits per heavy atom. The zero-order chi connectivity index (χ0) is 12.3. The number of aryl methyl sites for hydroxylation is 1. The molecule has 0 radical (unpaired) electrons. The molecule has 17 heavy (non-hydrogen) atoms. The van der Waals surface area contributed by atoms with Crippen LogP contribution in [0.2, 0.25) is 0 Å². The van der Waals surface area contributed by atoms with Crippen molar-refractivity contribution in [3.05, 3.63) is 34.9 Å². The Morgan fingerprint density at radius 2 is 2.00 bits per heavy atom. The van der Waals surface area contributed by atoms with E-state index in [4.69, 9.17) is 5.84 Å². The highest BCUT2D eigenvalue weighted by molar-refractivity contribution is 5.35. The smallest absolute Gasteiger partial charge is 0.0465 e. The minimum Gasteiger partial charge on any atom is -0.271 e. The molecule has 94 valence electrons. The van der Waals surface area contributed by atoms with Gasteiger partial charge in [0.2, 0.25) is 0 Å². The van der Waals surface area contributed by atoms with Crippen molar-refractivity contribution in [3.63, 3.8) is 0 Å². The van der Waals surface area contributed by atoms with Crippen LogP contribution in [-0.4, -0.2) is 0 Å². The van der Waals surface area contributed by atoms with Gasteiger partial charge in [-0.1, -0.05) is 43.9 Å². The van der Waals surface area contributed by atoms with E-state index in [0.717, 1.165) is 5.92 Å². The van der Waals surface area contributed by atoms with Crippen LogP contribution in [0.25, 0.3) is 0 Å². The maximum atomic E-state index is 5.75. The third kappa shape index (κ3) is 2.88. The molecular weight excluding hydrogens is 208 g/mol. The Labute approximate surface area is 105 Å². The van der Waals surface area contributed by atoms with Crippen molar-refractivity contribution in [1.82, 2.24) is 5.43 Å². The summed E-state index contributed by atoms with van der Waals surface area (Å²) in [5, 5.41) is 0. The molecule has 2 nitrogen and oxygen atoms in total. The first-order chi connectivity index (χ1) is 8.22. The van der Waals surface area contributed by atoms with E-state index >= 15 is 0 Å². The lowest BCUT2D eigenvalue weighted by Crippen LogP contribution is -2.30. The van der Waals surface area contributed by atoms with Crippen molar-refractivity contribution >= 4 is 0 Å². The second-order valence-corrected chi connectivity index (χ2v) is 5.39. The largest absolute Gasteiger partial charge is 0.271 e. The lowest BCUT2D eigenvalue weighted by atomic mass is 9.90. The summed E-state index contributed by atoms with van der Waals surface area (Å²) >= 11 is 0. The Kier molecular flexibility index (Phi) is 4.19. The summed E-state index contributed by atoms with van der Waals surface area (Å²) in [5.41, 5.74) is 7.13. The summed E-state index contributed by atoms with van der Waals surface area (Å²) in [4.78, 5) is 0. The summed E-state index contributed by atoms with van der Waals surface area (Å²) in [5.74, 6) is 6.61. The van der Waals surface area contributed by atoms with Gasteiger partial charge in [0.25, 0.3) is 0 Å². The molecule has 1 fully saturated rings. The molecule has 0 amide bonds. The molecular formula is C15H24N2. The van der Waals surface area contributed by atoms with E-state index in [1.807, 2.05) is 0 Å². The molecule has 0 heterocycles. The summed E-state index contributed by atoms with van der Waals surface area (Å²) in [6.07, 6.45) is 6.73. The van der Waals surface area contributed by atoms with Crippen LogP contribution in [0.1, 0.15) is 54.8 Å². The van der Waals surface area contributed by atoms with Gasteiger partial charge in [-0.25, -0.2) is 0 Å². The number of rotatable bonds is 4. The second kappa shape index (κ2) is 5.65. The Hall–Kier alpha value is -0.860. The minimum atomic E-state index is 0.318. The van der Waals surface area contributed by atoms with Gasteiger partial charge in [-0.2, -0.15) is 0 Å². The maximum absolute atomic E-state index is 5.75. The monoisotopic (exact) mass is 232 g/mol. The fraction of sp³-hybridized carbons (Fsp3) is 0.600. The van der Waals surface area contributed by atoms with Crippen molar-refractivity contribution in [2.45, 2.75) is 52.0 Å². The molecule has 3 N–H and O–H groups in total. The van der Waals surface area contributed by atoms with E-state index in [-0.39, 0.29) is 0 Å². The zero-order valence-corrected chi connectivity index (χ0v) is 11.0. The molecule has 1 aromatic carbocycles. The third-order valence-corrected chi connectivity index (χ3v) is 4.27. The van der Waals surface area contributed by atoms with Gasteiger partial charge in [0.1, 0.15) is 0 Å². The lowest BCUT2D eigenvalue weighted by molar-refractivity contribution is 0.399. The highest BCUT2D eigenvalue weighted by Crippen LogP contribution is 2.33. The fourth-order valence-corrected chi connectivity index (χ4v) is 3.02. The topological polar surface area (TPSA) is 38.0 Å². The standard InChI is InChI=1S/C15H24N2/c1-11-6-5-9-14(12(11)2)15(17-16)10-13-7-3-4-8-13/h5-6,9,13,15,17H,3-4,7-8,10,16H2,1-2H3. The van der Waals surface area contributed by atoms with Gasteiger partial charge in [0, 0.05) is 6.04 Å². The average Bonchev–Trinajstić information content (AvgIpc) is 2.83. The molecule has 0 bridgehead atoms. The molecule has 2 rings (SSSR count). The number of hydrazine groups is 1. The van der Waals surface area contributed by atoms with E-state index < -0.39 is 0 Å². The van der Waals surface area contributed by atoms with Crippen LogP contribution >= 0.6 is 0 Å². The third-order valence-electron chi connectivity index (χ3n) is 4.27. The number of nitrogens with two attached hydrogens (primary N) is 1. The molecule has 2 heteroatoms. The van der Waals surface area contributed by atoms with Gasteiger partial charge in [-0.05, 0) is 42.9 Å². The van der Waals surface area contributed by atoms with Crippen molar-refractivity contribution < 1.29 is 0 Å². The predicted molar refractivity (Wildman–Crippen MR) is 72.6 cm³/mol. The first kappa shape index (κ1) is 12.6. The molecule has 1 atom stereocenters. The van der Waals surface area contributed by atoms with Crippen molar-refractivity contribution in [1.29, 1.82) is 0 Å². The van der Waals surface area contributed by atoms with Gasteiger partial charge in [-0.3, -0.25) is 11.3 Å². The van der Waals surface area contributed by atoms with Crippen LogP contribution in [0.4, 0.5) is 0 Å². The molecule has 1 aliphatic carbocycles. The van der Waals surface area contributed by atoms with Gasteiger partial charge in [-0.15, -0.1) is 0 Å². The zero-order valence-electron chi connectivity index (χ0n) is 11.0. The van der Waals surface area contributed by atoms with Crippen LogP contribution in [0.15, 0.2) is 18.2 Å². The Bertz CT molecular complexity index is 367. The van der Waals surface area contributed by atoms with Crippen LogP contribution in [0, 0.1) is 19.8 Å². The van der Waals surface area contributed by atoms with Crippen molar-refractivity contribution in [2.75, 3.05) is 0 Å². The fourth-order valence-electron chi connectivity index (χ4n) is 3.02. The normalized spacial score (nSPS) is 18.5. The first-order valence-corrected chi connectivity index (χ1v) is 6.74. The average molecular weight is 232 g/mol. The van der Waals surface area contributed by atoms with E-state index in [9.17, 15) is 0 Å². The molecule has 0 aromatic heterocycles. The minimum absolute atomic E-state index is 0.318. The van der Waals surface area contributed by atoms with Crippen LogP contribution in [0.3, 0.4) is 0 Å². The summed E-state index contributed by atoms with van der Waals surface area (Å²) in [6.45, 7) is 4.37. The van der Waals surface area contributed by atoms with E-state index in [0.29, 0.717) is 6.04 Å². The number of hydrogen-bond acceptors (Lipinski definition) is 2. The van der Waals surface area contributed by atoms with Gasteiger partial charge in [0.15, 0.2) is 0 Å². The van der Waals surface area contributed by atoms with Crippen LogP contribution in [-0.2, 0) is 0 Å². The molecule has 1 aromatic rings. The molecule has 1 aliphatic rings. The van der Waals surface area contributed by atoms with Crippen LogP contribution < -0.4 is 11.3 Å². The molecule has 0 spiro atoms. The Balaban J connectivity index is 2.13. The Morgan fingerprint density at radius 1 is 1.29 bits per heavy atom. The van der Waals surface area contributed by atoms with E-state index in [1.54, 1.807) is 0 Å². The highest BCUT2D eigenvalue weighted by atomic mass is 15.2. The molecule has 1 saturated carbocycles. The summed E-state index contributed by atoms with van der Waals surface area (Å²) in [6, 6.07) is 6.83. The SMILES string of the molecule is Cc1cccc(C(CC2CCCC2)NN)c1C. The maximum Gasteiger partial charge on any atom is 0.0465 e. The molecule has 0 saturated heterocycles. The molecule has 1 unspecified atom stereocenters. The quantitative estimate of drug-likeness (QED) is 0.617. The lowest BCUT2D eigenvalue weighted by Gasteiger charge is -2.22.